The maximum absolute atomic E-state index is 12.3. The molecule has 35 heavy (non-hydrogen) atoms. The summed E-state index contributed by atoms with van der Waals surface area (Å²) in [5.41, 5.74) is 1.60. The summed E-state index contributed by atoms with van der Waals surface area (Å²) in [7, 11) is 0. The van der Waals surface area contributed by atoms with Gasteiger partial charge in [-0.2, -0.15) is 0 Å². The van der Waals surface area contributed by atoms with E-state index in [2.05, 4.69) is 10.6 Å². The average molecular weight is 491 g/mol. The fraction of sp³-hybridized carbons (Fsp3) is 0.417. The van der Waals surface area contributed by atoms with Crippen LogP contribution >= 0.6 is 0 Å². The van der Waals surface area contributed by atoms with E-state index in [0.29, 0.717) is 0 Å². The lowest BCUT2D eigenvalue weighted by molar-refractivity contribution is -0.269. The molecule has 5 N–H and O–H groups in total. The summed E-state index contributed by atoms with van der Waals surface area (Å²) in [5, 5.41) is 35.1. The van der Waals surface area contributed by atoms with Crippen molar-refractivity contribution in [3.8, 4) is 0 Å². The molecule has 190 valence electrons. The Bertz CT molecular complexity index is 916. The van der Waals surface area contributed by atoms with E-state index in [9.17, 15) is 24.9 Å². The van der Waals surface area contributed by atoms with Crippen LogP contribution in [-0.4, -0.2) is 77.9 Å². The number of hydrogen-bond donors (Lipinski definition) is 5. The molecule has 0 unspecified atom stereocenters. The highest BCUT2D eigenvalue weighted by atomic mass is 16.7. The van der Waals surface area contributed by atoms with Crippen LogP contribution in [0.3, 0.4) is 0 Å². The lowest BCUT2D eigenvalue weighted by Crippen LogP contribution is -2.65. The topological polar surface area (TPSA) is 156 Å². The number of aliphatic hydroxyl groups excluding tert-OH is 3. The molecule has 0 spiro atoms. The highest BCUT2D eigenvalue weighted by Crippen LogP contribution is 2.22. The number of carbonyl (C=O) groups is 2. The molecule has 5 atom stereocenters. The van der Waals surface area contributed by atoms with Gasteiger partial charge in [0.25, 0.3) is 0 Å². The lowest BCUT2D eigenvalue weighted by Gasteiger charge is -2.42. The van der Waals surface area contributed by atoms with Gasteiger partial charge in [-0.15, -0.1) is 0 Å². The summed E-state index contributed by atoms with van der Waals surface area (Å²) >= 11 is 0. The number of alkyl carbamates (subject to hydrolysis) is 2. The molecule has 1 aliphatic heterocycles. The Morgan fingerprint density at radius 3 is 2.00 bits per heavy atom. The van der Waals surface area contributed by atoms with E-state index in [1.54, 1.807) is 24.3 Å². The number of ether oxygens (including phenoxy) is 4. The zero-order valence-corrected chi connectivity index (χ0v) is 19.0. The molecule has 3 rings (SSSR count). The normalized spacial score (nSPS) is 23.8. The largest absolute Gasteiger partial charge is 0.445 e. The molecule has 1 heterocycles. The molecule has 2 amide bonds. The second-order valence-electron chi connectivity index (χ2n) is 7.80. The van der Waals surface area contributed by atoms with Gasteiger partial charge in [0.05, 0.1) is 13.2 Å². The van der Waals surface area contributed by atoms with Crippen molar-refractivity contribution in [3.63, 3.8) is 0 Å². The summed E-state index contributed by atoms with van der Waals surface area (Å²) in [6, 6.07) is 17.0. The van der Waals surface area contributed by atoms with Gasteiger partial charge in [-0.3, -0.25) is 0 Å². The van der Waals surface area contributed by atoms with Crippen molar-refractivity contribution in [2.45, 2.75) is 43.9 Å². The van der Waals surface area contributed by atoms with Gasteiger partial charge < -0.3 is 44.9 Å². The Labute approximate surface area is 202 Å². The van der Waals surface area contributed by atoms with Crippen LogP contribution in [-0.2, 0) is 32.2 Å². The SMILES string of the molecule is O=C(NCCO[C@@H]1O[C@H](CO)[C@@H](O)[C@H](O)[C@H]1NC(=O)OCc1ccccc1)OCc1ccccc1. The van der Waals surface area contributed by atoms with Crippen molar-refractivity contribution in [2.75, 3.05) is 19.8 Å². The number of amides is 2. The van der Waals surface area contributed by atoms with E-state index < -0.39 is 49.4 Å². The predicted molar refractivity (Wildman–Crippen MR) is 122 cm³/mol. The van der Waals surface area contributed by atoms with Crippen LogP contribution in [0.2, 0.25) is 0 Å². The Balaban J connectivity index is 1.47. The van der Waals surface area contributed by atoms with Crippen molar-refractivity contribution >= 4 is 12.2 Å². The zero-order chi connectivity index (χ0) is 25.0. The second-order valence-corrected chi connectivity index (χ2v) is 7.80. The molecule has 0 aromatic heterocycles. The first-order valence-electron chi connectivity index (χ1n) is 11.1. The third-order valence-electron chi connectivity index (χ3n) is 5.24. The number of carbonyl (C=O) groups excluding carboxylic acids is 2. The van der Waals surface area contributed by atoms with Crippen molar-refractivity contribution in [3.05, 3.63) is 71.8 Å². The standard InChI is InChI=1S/C24H30N2O9/c27-13-18-20(28)21(29)19(26-24(31)34-15-17-9-5-2-6-10-17)22(35-18)32-12-11-25-23(30)33-14-16-7-3-1-4-8-16/h1-10,18-22,27-29H,11-15H2,(H,25,30)(H,26,31)/t18-,19-,20-,21-,22-/m1/s1. The van der Waals surface area contributed by atoms with Crippen molar-refractivity contribution in [1.82, 2.24) is 10.6 Å². The third kappa shape index (κ3) is 8.19. The van der Waals surface area contributed by atoms with Gasteiger partial charge in [-0.25, -0.2) is 9.59 Å². The average Bonchev–Trinajstić information content (AvgIpc) is 2.89. The molecule has 0 saturated carbocycles. The van der Waals surface area contributed by atoms with Crippen molar-refractivity contribution < 1.29 is 43.9 Å². The maximum atomic E-state index is 12.3. The van der Waals surface area contributed by atoms with Gasteiger partial charge in [0, 0.05) is 6.54 Å². The van der Waals surface area contributed by atoms with E-state index >= 15 is 0 Å². The number of nitrogens with one attached hydrogen (secondary N) is 2. The maximum Gasteiger partial charge on any atom is 0.407 e. The minimum atomic E-state index is -1.50. The summed E-state index contributed by atoms with van der Waals surface area (Å²) in [6.07, 6.45) is -6.82. The Hall–Kier alpha value is -3.22. The van der Waals surface area contributed by atoms with Crippen LogP contribution in [0.25, 0.3) is 0 Å². The molecule has 1 fully saturated rings. The molecule has 11 nitrogen and oxygen atoms in total. The van der Waals surface area contributed by atoms with Gasteiger partial charge in [-0.1, -0.05) is 60.7 Å². The molecule has 2 aromatic carbocycles. The fourth-order valence-electron chi connectivity index (χ4n) is 3.38. The Morgan fingerprint density at radius 2 is 1.43 bits per heavy atom. The quantitative estimate of drug-likeness (QED) is 0.302. The van der Waals surface area contributed by atoms with E-state index in [-0.39, 0.29) is 26.4 Å². The van der Waals surface area contributed by atoms with Crippen LogP contribution in [0, 0.1) is 0 Å². The monoisotopic (exact) mass is 490 g/mol. The highest BCUT2D eigenvalue weighted by Gasteiger charge is 2.45. The molecule has 0 radical (unpaired) electrons. The summed E-state index contributed by atoms with van der Waals surface area (Å²) < 4.78 is 21.4. The molecule has 0 aliphatic carbocycles. The number of benzene rings is 2. The Morgan fingerprint density at radius 1 is 0.857 bits per heavy atom. The van der Waals surface area contributed by atoms with E-state index in [1.807, 2.05) is 36.4 Å². The van der Waals surface area contributed by atoms with Crippen molar-refractivity contribution in [1.29, 1.82) is 0 Å². The zero-order valence-electron chi connectivity index (χ0n) is 19.0. The van der Waals surface area contributed by atoms with Gasteiger partial charge in [0.15, 0.2) is 6.29 Å². The number of rotatable bonds is 10. The third-order valence-corrected chi connectivity index (χ3v) is 5.24. The molecular formula is C24H30N2O9. The smallest absolute Gasteiger partial charge is 0.407 e. The molecule has 1 aliphatic rings. The number of hydrogen-bond acceptors (Lipinski definition) is 9. The minimum absolute atomic E-state index is 0.00129. The summed E-state index contributed by atoms with van der Waals surface area (Å²) in [5.74, 6) is 0. The van der Waals surface area contributed by atoms with Gasteiger partial charge >= 0.3 is 12.2 Å². The first-order valence-corrected chi connectivity index (χ1v) is 11.1. The summed E-state index contributed by atoms with van der Waals surface area (Å²) in [4.78, 5) is 24.1. The lowest BCUT2D eigenvalue weighted by atomic mass is 9.97. The second kappa shape index (κ2) is 13.6. The first kappa shape index (κ1) is 26.4. The van der Waals surface area contributed by atoms with Gasteiger partial charge in [-0.05, 0) is 11.1 Å². The van der Waals surface area contributed by atoms with Crippen LogP contribution in [0.4, 0.5) is 9.59 Å². The van der Waals surface area contributed by atoms with Gasteiger partial charge in [0.1, 0.15) is 37.6 Å². The fourth-order valence-corrected chi connectivity index (χ4v) is 3.38. The van der Waals surface area contributed by atoms with E-state index in [1.165, 1.54) is 0 Å². The number of aliphatic hydroxyl groups is 3. The van der Waals surface area contributed by atoms with Crippen LogP contribution in [0.5, 0.6) is 0 Å². The first-order chi connectivity index (χ1) is 17.0. The van der Waals surface area contributed by atoms with E-state index in [0.717, 1.165) is 11.1 Å². The molecule has 1 saturated heterocycles. The van der Waals surface area contributed by atoms with E-state index in [4.69, 9.17) is 18.9 Å². The summed E-state index contributed by atoms with van der Waals surface area (Å²) in [6.45, 7) is -0.491. The predicted octanol–water partition coefficient (Wildman–Crippen LogP) is 0.663. The molecule has 2 aromatic rings. The highest BCUT2D eigenvalue weighted by molar-refractivity contribution is 5.68. The van der Waals surface area contributed by atoms with Crippen LogP contribution in [0.15, 0.2) is 60.7 Å². The van der Waals surface area contributed by atoms with Gasteiger partial charge in [0.2, 0.25) is 0 Å². The van der Waals surface area contributed by atoms with Crippen LogP contribution < -0.4 is 10.6 Å². The molecule has 11 heteroatoms. The van der Waals surface area contributed by atoms with Crippen LogP contribution in [0.1, 0.15) is 11.1 Å². The minimum Gasteiger partial charge on any atom is -0.445 e. The molecule has 0 bridgehead atoms. The van der Waals surface area contributed by atoms with Crippen molar-refractivity contribution in [2.24, 2.45) is 0 Å². The molecular weight excluding hydrogens is 460 g/mol. The Kier molecular flexibility index (Phi) is 10.3.